The monoisotopic (exact) mass is 282 g/mol. The molecule has 0 aliphatic carbocycles. The minimum atomic E-state index is -0.521. The minimum absolute atomic E-state index is 0.316. The molecule has 7 heteroatoms. The van der Waals surface area contributed by atoms with Crippen LogP contribution in [0.1, 0.15) is 12.8 Å². The van der Waals surface area contributed by atoms with Crippen LogP contribution in [-0.4, -0.2) is 51.4 Å². The summed E-state index contributed by atoms with van der Waals surface area (Å²) in [4.78, 5) is 25.5. The van der Waals surface area contributed by atoms with Crippen LogP contribution in [0.15, 0.2) is 15.7 Å². The minimum Gasteiger partial charge on any atom is -0.390 e. The number of β-amino-alcohol motifs (C(OH)–C–C–N with tert-alkyl or cyclic N) is 1. The predicted molar refractivity (Wildman–Crippen MR) is 77.1 cm³/mol. The van der Waals surface area contributed by atoms with E-state index in [1.807, 2.05) is 0 Å². The molecule has 0 bridgehead atoms. The van der Waals surface area contributed by atoms with Gasteiger partial charge in [0.05, 0.1) is 6.10 Å². The van der Waals surface area contributed by atoms with Gasteiger partial charge < -0.3 is 15.3 Å². The van der Waals surface area contributed by atoms with Gasteiger partial charge >= 0.3 is 5.69 Å². The SMILES string of the molecule is Cn1c(NCC(O)CN2CCCC2)cc(=O)n(C)c1=O. The second-order valence-corrected chi connectivity index (χ2v) is 5.31. The van der Waals surface area contributed by atoms with E-state index < -0.39 is 6.10 Å². The summed E-state index contributed by atoms with van der Waals surface area (Å²) in [5, 5.41) is 12.9. The first-order valence-electron chi connectivity index (χ1n) is 6.90. The molecule has 2 heterocycles. The molecule has 7 nitrogen and oxygen atoms in total. The topological polar surface area (TPSA) is 79.5 Å². The van der Waals surface area contributed by atoms with Gasteiger partial charge in [-0.15, -0.1) is 0 Å². The quantitative estimate of drug-likeness (QED) is 0.720. The largest absolute Gasteiger partial charge is 0.390 e. The lowest BCUT2D eigenvalue weighted by Gasteiger charge is -2.20. The van der Waals surface area contributed by atoms with Gasteiger partial charge in [0.1, 0.15) is 5.82 Å². The van der Waals surface area contributed by atoms with E-state index in [1.165, 1.54) is 30.5 Å². The third-order valence-corrected chi connectivity index (χ3v) is 3.71. The fourth-order valence-corrected chi connectivity index (χ4v) is 2.45. The summed E-state index contributed by atoms with van der Waals surface area (Å²) in [6.45, 7) is 2.99. The zero-order valence-corrected chi connectivity index (χ0v) is 12.0. The van der Waals surface area contributed by atoms with Crippen LogP contribution in [0.4, 0.5) is 5.82 Å². The Kier molecular flexibility index (Phi) is 4.61. The Morgan fingerprint density at radius 2 is 1.90 bits per heavy atom. The summed E-state index contributed by atoms with van der Waals surface area (Å²) >= 11 is 0. The lowest BCUT2D eigenvalue weighted by molar-refractivity contribution is 0.135. The molecule has 20 heavy (non-hydrogen) atoms. The van der Waals surface area contributed by atoms with Crippen molar-refractivity contribution in [2.75, 3.05) is 31.5 Å². The van der Waals surface area contributed by atoms with Crippen molar-refractivity contribution in [1.29, 1.82) is 0 Å². The molecule has 112 valence electrons. The molecule has 1 atom stereocenters. The average Bonchev–Trinajstić information content (AvgIpc) is 2.92. The third kappa shape index (κ3) is 3.29. The maximum absolute atomic E-state index is 11.7. The van der Waals surface area contributed by atoms with Crippen molar-refractivity contribution < 1.29 is 5.11 Å². The summed E-state index contributed by atoms with van der Waals surface area (Å²) < 4.78 is 2.41. The highest BCUT2D eigenvalue weighted by Crippen LogP contribution is 2.08. The van der Waals surface area contributed by atoms with Crippen molar-refractivity contribution in [3.63, 3.8) is 0 Å². The molecule has 0 amide bonds. The highest BCUT2D eigenvalue weighted by atomic mass is 16.3. The van der Waals surface area contributed by atoms with E-state index in [9.17, 15) is 14.7 Å². The van der Waals surface area contributed by atoms with Gasteiger partial charge in [-0.25, -0.2) is 4.79 Å². The summed E-state index contributed by atoms with van der Waals surface area (Å²) in [5.41, 5.74) is -0.737. The van der Waals surface area contributed by atoms with Crippen LogP contribution in [0.3, 0.4) is 0 Å². The standard InChI is InChI=1S/C13H22N4O3/c1-15-11(7-12(19)16(2)13(15)20)14-8-10(18)9-17-5-3-4-6-17/h7,10,14,18H,3-6,8-9H2,1-2H3. The zero-order valence-electron chi connectivity index (χ0n) is 12.0. The number of rotatable bonds is 5. The zero-order chi connectivity index (χ0) is 14.7. The highest BCUT2D eigenvalue weighted by Gasteiger charge is 2.16. The van der Waals surface area contributed by atoms with Crippen molar-refractivity contribution in [3.05, 3.63) is 26.9 Å². The Hall–Kier alpha value is -1.60. The first-order valence-corrected chi connectivity index (χ1v) is 6.90. The van der Waals surface area contributed by atoms with Crippen molar-refractivity contribution >= 4 is 5.82 Å². The number of aromatic nitrogens is 2. The Morgan fingerprint density at radius 3 is 2.55 bits per heavy atom. The third-order valence-electron chi connectivity index (χ3n) is 3.71. The van der Waals surface area contributed by atoms with Gasteiger partial charge in [-0.05, 0) is 25.9 Å². The lowest BCUT2D eigenvalue weighted by atomic mass is 10.3. The maximum Gasteiger partial charge on any atom is 0.332 e. The van der Waals surface area contributed by atoms with E-state index in [0.717, 1.165) is 17.7 Å². The Bertz CT molecular complexity index is 572. The summed E-state index contributed by atoms with van der Waals surface area (Å²) in [6.07, 6.45) is 1.85. The molecule has 2 N–H and O–H groups in total. The number of likely N-dealkylation sites (tertiary alicyclic amines) is 1. The molecule has 1 aromatic heterocycles. The van der Waals surface area contributed by atoms with E-state index in [2.05, 4.69) is 10.2 Å². The van der Waals surface area contributed by atoms with Crippen LogP contribution in [-0.2, 0) is 14.1 Å². The van der Waals surface area contributed by atoms with E-state index in [-0.39, 0.29) is 11.2 Å². The Labute approximate surface area is 117 Å². The van der Waals surface area contributed by atoms with Crippen molar-refractivity contribution in [1.82, 2.24) is 14.0 Å². The molecule has 0 aromatic carbocycles. The number of aliphatic hydroxyl groups excluding tert-OH is 1. The first-order chi connectivity index (χ1) is 9.49. The van der Waals surface area contributed by atoms with Crippen LogP contribution >= 0.6 is 0 Å². The van der Waals surface area contributed by atoms with Crippen LogP contribution in [0.2, 0.25) is 0 Å². The van der Waals surface area contributed by atoms with Crippen LogP contribution < -0.4 is 16.6 Å². The van der Waals surface area contributed by atoms with Crippen LogP contribution in [0.5, 0.6) is 0 Å². The van der Waals surface area contributed by atoms with Crippen LogP contribution in [0, 0.1) is 0 Å². The van der Waals surface area contributed by atoms with Gasteiger partial charge in [-0.1, -0.05) is 0 Å². The van der Waals surface area contributed by atoms with Crippen molar-refractivity contribution in [3.8, 4) is 0 Å². The molecule has 2 rings (SSSR count). The first kappa shape index (κ1) is 14.8. The number of aliphatic hydroxyl groups is 1. The molecule has 1 aromatic rings. The van der Waals surface area contributed by atoms with Gasteiger partial charge in [-0.3, -0.25) is 13.9 Å². The van der Waals surface area contributed by atoms with Gasteiger partial charge in [0.2, 0.25) is 0 Å². The molecule has 1 unspecified atom stereocenters. The van der Waals surface area contributed by atoms with E-state index in [0.29, 0.717) is 18.9 Å². The Balaban J connectivity index is 1.96. The molecular weight excluding hydrogens is 260 g/mol. The fraction of sp³-hybridized carbons (Fsp3) is 0.692. The highest BCUT2D eigenvalue weighted by molar-refractivity contribution is 5.33. The van der Waals surface area contributed by atoms with Gasteiger partial charge in [0.25, 0.3) is 5.56 Å². The van der Waals surface area contributed by atoms with Crippen molar-refractivity contribution in [2.45, 2.75) is 18.9 Å². The molecule has 1 saturated heterocycles. The lowest BCUT2D eigenvalue weighted by Crippen LogP contribution is -2.39. The Morgan fingerprint density at radius 1 is 1.25 bits per heavy atom. The number of hydrogen-bond donors (Lipinski definition) is 2. The number of nitrogens with one attached hydrogen (secondary N) is 1. The van der Waals surface area contributed by atoms with Gasteiger partial charge in [0, 0.05) is 33.3 Å². The van der Waals surface area contributed by atoms with Gasteiger partial charge in [-0.2, -0.15) is 0 Å². The molecule has 0 saturated carbocycles. The number of hydrogen-bond acceptors (Lipinski definition) is 5. The molecule has 0 radical (unpaired) electrons. The summed E-state index contributed by atoms with van der Waals surface area (Å²) in [6, 6.07) is 1.37. The maximum atomic E-state index is 11.7. The second-order valence-electron chi connectivity index (χ2n) is 5.31. The van der Waals surface area contributed by atoms with Crippen molar-refractivity contribution in [2.24, 2.45) is 14.1 Å². The molecule has 0 spiro atoms. The van der Waals surface area contributed by atoms with Crippen LogP contribution in [0.25, 0.3) is 0 Å². The summed E-state index contributed by atoms with van der Waals surface area (Å²) in [7, 11) is 3.04. The molecule has 1 fully saturated rings. The van der Waals surface area contributed by atoms with E-state index >= 15 is 0 Å². The molecular formula is C13H22N4O3. The number of nitrogens with zero attached hydrogens (tertiary/aromatic N) is 3. The number of anilines is 1. The normalized spacial score (nSPS) is 17.4. The second kappa shape index (κ2) is 6.23. The van der Waals surface area contributed by atoms with E-state index in [1.54, 1.807) is 7.05 Å². The molecule has 1 aliphatic rings. The molecule has 1 aliphatic heterocycles. The van der Waals surface area contributed by atoms with Gasteiger partial charge in [0.15, 0.2) is 0 Å². The predicted octanol–water partition coefficient (Wildman–Crippen LogP) is -1.05. The average molecular weight is 282 g/mol. The fourth-order valence-electron chi connectivity index (χ4n) is 2.45. The van der Waals surface area contributed by atoms with E-state index in [4.69, 9.17) is 0 Å². The summed E-state index contributed by atoms with van der Waals surface area (Å²) in [5.74, 6) is 0.429. The smallest absolute Gasteiger partial charge is 0.332 e.